The summed E-state index contributed by atoms with van der Waals surface area (Å²) >= 11 is 0. The summed E-state index contributed by atoms with van der Waals surface area (Å²) in [4.78, 5) is 8.71. The van der Waals surface area contributed by atoms with Crippen LogP contribution in [0, 0.1) is 0 Å². The minimum atomic E-state index is -5.36. The third-order valence-electron chi connectivity index (χ3n) is 2.13. The number of carbonyl (C=O) groups is 1. The molecule has 0 N–H and O–H groups in total. The molecule has 0 aliphatic rings. The Morgan fingerprint density at radius 3 is 1.80 bits per heavy atom. The predicted molar refractivity (Wildman–Crippen MR) is 54.9 cm³/mol. The van der Waals surface area contributed by atoms with Crippen LogP contribution in [0.3, 0.4) is 0 Å². The lowest BCUT2D eigenvalue weighted by molar-refractivity contribution is -0.143. The number of alkyl halides is 6. The van der Waals surface area contributed by atoms with E-state index in [0.29, 0.717) is 0 Å². The lowest BCUT2D eigenvalue weighted by Crippen LogP contribution is -2.17. The Balaban J connectivity index is 3.90. The second kappa shape index (κ2) is 4.92. The first-order valence-electron chi connectivity index (χ1n) is 4.50. The van der Waals surface area contributed by atoms with Gasteiger partial charge in [-0.25, -0.2) is 8.42 Å². The van der Waals surface area contributed by atoms with Crippen LogP contribution in [0.2, 0.25) is 0 Å². The van der Waals surface area contributed by atoms with Crippen LogP contribution in [-0.4, -0.2) is 14.7 Å². The molecule has 1 aromatic rings. The standard InChI is InChI=1S/C9H3ClF6O3S/c10-20(18,19)6-2-5(8(11,12)13)1-4(3-17)7(6)9(14,15)16/h1-3H. The van der Waals surface area contributed by atoms with Gasteiger partial charge in [0.05, 0.1) is 16.0 Å². The van der Waals surface area contributed by atoms with E-state index in [4.69, 9.17) is 10.7 Å². The molecule has 3 nitrogen and oxygen atoms in total. The van der Waals surface area contributed by atoms with Crippen LogP contribution in [0.15, 0.2) is 17.0 Å². The third kappa shape index (κ3) is 3.42. The van der Waals surface area contributed by atoms with E-state index in [9.17, 15) is 39.6 Å². The van der Waals surface area contributed by atoms with Crippen LogP contribution in [0.4, 0.5) is 26.3 Å². The maximum atomic E-state index is 12.7. The van der Waals surface area contributed by atoms with Gasteiger partial charge in [0.25, 0.3) is 9.05 Å². The molecule has 0 unspecified atom stereocenters. The molecule has 0 aromatic heterocycles. The van der Waals surface area contributed by atoms with E-state index >= 15 is 0 Å². The Morgan fingerprint density at radius 2 is 1.50 bits per heavy atom. The van der Waals surface area contributed by atoms with Crippen LogP contribution in [0.1, 0.15) is 21.5 Å². The topological polar surface area (TPSA) is 51.2 Å². The zero-order valence-electron chi connectivity index (χ0n) is 9.01. The van der Waals surface area contributed by atoms with Gasteiger partial charge in [0.1, 0.15) is 0 Å². The smallest absolute Gasteiger partial charge is 0.298 e. The lowest BCUT2D eigenvalue weighted by Gasteiger charge is -2.16. The average Bonchev–Trinajstić information content (AvgIpc) is 2.23. The molecule has 0 bridgehead atoms. The molecule has 1 aromatic carbocycles. The summed E-state index contributed by atoms with van der Waals surface area (Å²) < 4.78 is 97.5. The zero-order valence-corrected chi connectivity index (χ0v) is 10.6. The first kappa shape index (κ1) is 16.8. The number of hydrogen-bond acceptors (Lipinski definition) is 3. The van der Waals surface area contributed by atoms with E-state index in [1.165, 1.54) is 0 Å². The quantitative estimate of drug-likeness (QED) is 0.470. The number of benzene rings is 1. The van der Waals surface area contributed by atoms with Crippen molar-refractivity contribution in [2.45, 2.75) is 17.2 Å². The summed E-state index contributed by atoms with van der Waals surface area (Å²) in [6, 6.07) is -0.362. The van der Waals surface area contributed by atoms with E-state index in [0.717, 1.165) is 0 Å². The van der Waals surface area contributed by atoms with Crippen LogP contribution in [-0.2, 0) is 21.4 Å². The number of rotatable bonds is 2. The maximum Gasteiger partial charge on any atom is 0.418 e. The monoisotopic (exact) mass is 340 g/mol. The molecule has 0 aliphatic heterocycles. The van der Waals surface area contributed by atoms with Crippen LogP contribution in [0.25, 0.3) is 0 Å². The summed E-state index contributed by atoms with van der Waals surface area (Å²) in [5, 5.41) is 0. The highest BCUT2D eigenvalue weighted by Crippen LogP contribution is 2.41. The summed E-state index contributed by atoms with van der Waals surface area (Å²) in [5.41, 5.74) is -5.23. The molecule has 1 rings (SSSR count). The van der Waals surface area contributed by atoms with Crippen molar-refractivity contribution in [1.29, 1.82) is 0 Å². The van der Waals surface area contributed by atoms with Gasteiger partial charge in [-0.2, -0.15) is 26.3 Å². The van der Waals surface area contributed by atoms with Gasteiger partial charge < -0.3 is 0 Å². The van der Waals surface area contributed by atoms with Gasteiger partial charge in [0.2, 0.25) is 0 Å². The summed E-state index contributed by atoms with van der Waals surface area (Å²) in [7, 11) is -0.429. The van der Waals surface area contributed by atoms with Crippen LogP contribution >= 0.6 is 10.7 Å². The Kier molecular flexibility index (Phi) is 4.12. The third-order valence-corrected chi connectivity index (χ3v) is 3.48. The van der Waals surface area contributed by atoms with Crippen LogP contribution in [0.5, 0.6) is 0 Å². The molecule has 0 aliphatic carbocycles. The minimum Gasteiger partial charge on any atom is -0.298 e. The van der Waals surface area contributed by atoms with Crippen molar-refractivity contribution in [2.24, 2.45) is 0 Å². The Hall–Kier alpha value is -1.29. The highest BCUT2D eigenvalue weighted by atomic mass is 35.7. The van der Waals surface area contributed by atoms with Crippen molar-refractivity contribution in [1.82, 2.24) is 0 Å². The molecule has 0 fully saturated rings. The first-order valence-corrected chi connectivity index (χ1v) is 6.81. The molecule has 112 valence electrons. The molecule has 20 heavy (non-hydrogen) atoms. The van der Waals surface area contributed by atoms with Gasteiger partial charge in [-0.15, -0.1) is 0 Å². The SMILES string of the molecule is O=Cc1cc(C(F)(F)F)cc(S(=O)(=O)Cl)c1C(F)(F)F. The van der Waals surface area contributed by atoms with Crippen molar-refractivity contribution in [3.05, 3.63) is 28.8 Å². The fraction of sp³-hybridized carbons (Fsp3) is 0.222. The average molecular weight is 341 g/mol. The van der Waals surface area contributed by atoms with Crippen molar-refractivity contribution in [2.75, 3.05) is 0 Å². The van der Waals surface area contributed by atoms with Crippen molar-refractivity contribution in [3.8, 4) is 0 Å². The Bertz CT molecular complexity index is 647. The van der Waals surface area contributed by atoms with E-state index in [2.05, 4.69) is 0 Å². The second-order valence-corrected chi connectivity index (χ2v) is 6.02. The van der Waals surface area contributed by atoms with Gasteiger partial charge in [0.15, 0.2) is 6.29 Å². The van der Waals surface area contributed by atoms with E-state index in [1.807, 2.05) is 0 Å². The van der Waals surface area contributed by atoms with Gasteiger partial charge in [0, 0.05) is 16.2 Å². The molecule has 0 heterocycles. The fourth-order valence-electron chi connectivity index (χ4n) is 1.39. The fourth-order valence-corrected chi connectivity index (χ4v) is 2.50. The second-order valence-electron chi connectivity index (χ2n) is 3.49. The number of carbonyl (C=O) groups excluding carboxylic acids is 1. The summed E-state index contributed by atoms with van der Waals surface area (Å²) in [6.07, 6.45) is -11.0. The molecular weight excluding hydrogens is 338 g/mol. The highest BCUT2D eigenvalue weighted by Gasteiger charge is 2.42. The molecule has 0 atom stereocenters. The van der Waals surface area contributed by atoms with E-state index in [1.54, 1.807) is 0 Å². The van der Waals surface area contributed by atoms with Gasteiger partial charge in [-0.1, -0.05) is 0 Å². The molecule has 0 radical (unpaired) electrons. The first-order chi connectivity index (χ1) is 8.78. The number of halogens is 7. The predicted octanol–water partition coefficient (Wildman–Crippen LogP) is 3.46. The normalized spacial score (nSPS) is 13.3. The van der Waals surface area contributed by atoms with E-state index < -0.39 is 49.3 Å². The Morgan fingerprint density at radius 1 is 1.00 bits per heavy atom. The molecule has 0 saturated carbocycles. The maximum absolute atomic E-state index is 12.7. The number of hydrogen-bond donors (Lipinski definition) is 0. The van der Waals surface area contributed by atoms with Crippen molar-refractivity contribution >= 4 is 26.0 Å². The molecule has 0 spiro atoms. The highest BCUT2D eigenvalue weighted by molar-refractivity contribution is 8.13. The van der Waals surface area contributed by atoms with Crippen molar-refractivity contribution < 1.29 is 39.6 Å². The largest absolute Gasteiger partial charge is 0.418 e. The van der Waals surface area contributed by atoms with Crippen LogP contribution < -0.4 is 0 Å². The molecule has 11 heteroatoms. The van der Waals surface area contributed by atoms with Gasteiger partial charge in [-0.05, 0) is 12.1 Å². The van der Waals surface area contributed by atoms with Crippen molar-refractivity contribution in [3.63, 3.8) is 0 Å². The molecule has 0 saturated heterocycles. The van der Waals surface area contributed by atoms with Gasteiger partial charge in [-0.3, -0.25) is 4.79 Å². The summed E-state index contributed by atoms with van der Waals surface area (Å²) in [6.45, 7) is 0. The Labute approximate surface area is 112 Å². The lowest BCUT2D eigenvalue weighted by atomic mass is 10.0. The molecule has 0 amide bonds. The van der Waals surface area contributed by atoms with Gasteiger partial charge >= 0.3 is 12.4 Å². The molecular formula is C9H3ClF6O3S. The number of aldehydes is 1. The van der Waals surface area contributed by atoms with E-state index in [-0.39, 0.29) is 12.1 Å². The summed E-state index contributed by atoms with van der Waals surface area (Å²) in [5.74, 6) is 0. The minimum absolute atomic E-state index is 0.0958. The zero-order chi connectivity index (χ0) is 15.9.